The molecule has 116 valence electrons. The lowest BCUT2D eigenvalue weighted by atomic mass is 10.1. The van der Waals surface area contributed by atoms with Crippen molar-refractivity contribution in [1.29, 1.82) is 0 Å². The summed E-state index contributed by atoms with van der Waals surface area (Å²) in [6, 6.07) is 2.59. The van der Waals surface area contributed by atoms with Gasteiger partial charge in [0.25, 0.3) is 0 Å². The van der Waals surface area contributed by atoms with Crippen molar-refractivity contribution in [2.24, 2.45) is 7.05 Å². The van der Waals surface area contributed by atoms with E-state index in [0.717, 1.165) is 24.5 Å². The van der Waals surface area contributed by atoms with E-state index in [1.54, 1.807) is 0 Å². The molecule has 1 N–H and O–H groups in total. The maximum Gasteiger partial charge on any atom is 0.0653 e. The molecule has 0 bridgehead atoms. The maximum absolute atomic E-state index is 4.54. The van der Waals surface area contributed by atoms with Crippen LogP contribution >= 0.6 is 0 Å². The van der Waals surface area contributed by atoms with Crippen molar-refractivity contribution >= 4 is 0 Å². The van der Waals surface area contributed by atoms with Crippen LogP contribution in [0.4, 0.5) is 0 Å². The highest BCUT2D eigenvalue weighted by atomic mass is 15.3. The Hall–Kier alpha value is -1.62. The van der Waals surface area contributed by atoms with Crippen LogP contribution in [0, 0.1) is 6.92 Å². The van der Waals surface area contributed by atoms with E-state index < -0.39 is 0 Å². The lowest BCUT2D eigenvalue weighted by Gasteiger charge is -2.04. The predicted octanol–water partition coefficient (Wildman–Crippen LogP) is 2.92. The first-order valence-electron chi connectivity index (χ1n) is 7.66. The van der Waals surface area contributed by atoms with Gasteiger partial charge < -0.3 is 5.32 Å². The zero-order valence-electron chi connectivity index (χ0n) is 14.0. The van der Waals surface area contributed by atoms with Crippen molar-refractivity contribution in [2.45, 2.75) is 59.7 Å². The molecule has 0 aromatic carbocycles. The van der Waals surface area contributed by atoms with Crippen LogP contribution in [0.25, 0.3) is 0 Å². The summed E-state index contributed by atoms with van der Waals surface area (Å²) >= 11 is 0. The average Bonchev–Trinajstić information content (AvgIpc) is 2.95. The van der Waals surface area contributed by atoms with E-state index >= 15 is 0 Å². The van der Waals surface area contributed by atoms with Crippen LogP contribution in [-0.2, 0) is 20.1 Å². The third-order valence-corrected chi connectivity index (χ3v) is 3.76. The van der Waals surface area contributed by atoms with Crippen LogP contribution in [0.1, 0.15) is 62.3 Å². The van der Waals surface area contributed by atoms with Gasteiger partial charge in [0.15, 0.2) is 0 Å². The SMILES string of the molecule is Cc1nn(C(C)C)cc1CNCc1cc(C(C)C)nn1C. The third-order valence-electron chi connectivity index (χ3n) is 3.76. The fourth-order valence-corrected chi connectivity index (χ4v) is 2.26. The summed E-state index contributed by atoms with van der Waals surface area (Å²) in [6.45, 7) is 12.4. The van der Waals surface area contributed by atoms with Crippen LogP contribution in [0.15, 0.2) is 12.3 Å². The number of aromatic nitrogens is 4. The molecule has 2 rings (SSSR count). The molecule has 0 unspecified atom stereocenters. The molecule has 0 aliphatic heterocycles. The highest BCUT2D eigenvalue weighted by Crippen LogP contribution is 2.14. The van der Waals surface area contributed by atoms with Crippen LogP contribution in [-0.4, -0.2) is 19.6 Å². The Balaban J connectivity index is 1.95. The van der Waals surface area contributed by atoms with Crippen molar-refractivity contribution in [3.8, 4) is 0 Å². The number of aryl methyl sites for hydroxylation is 2. The molecule has 5 heteroatoms. The number of hydrogen-bond donors (Lipinski definition) is 1. The molecule has 0 atom stereocenters. The summed E-state index contributed by atoms with van der Waals surface area (Å²) in [5.74, 6) is 0.469. The minimum atomic E-state index is 0.406. The lowest BCUT2D eigenvalue weighted by molar-refractivity contribution is 0.528. The summed E-state index contributed by atoms with van der Waals surface area (Å²) in [6.07, 6.45) is 2.13. The number of hydrogen-bond acceptors (Lipinski definition) is 3. The van der Waals surface area contributed by atoms with Crippen molar-refractivity contribution in [2.75, 3.05) is 0 Å². The Labute approximate surface area is 127 Å². The first-order valence-corrected chi connectivity index (χ1v) is 7.66. The zero-order chi connectivity index (χ0) is 15.6. The average molecular weight is 289 g/mol. The molecule has 0 fully saturated rings. The Kier molecular flexibility index (Phi) is 4.83. The van der Waals surface area contributed by atoms with Gasteiger partial charge in [0.2, 0.25) is 0 Å². The fraction of sp³-hybridized carbons (Fsp3) is 0.625. The van der Waals surface area contributed by atoms with E-state index in [1.165, 1.54) is 11.3 Å². The highest BCUT2D eigenvalue weighted by Gasteiger charge is 2.09. The summed E-state index contributed by atoms with van der Waals surface area (Å²) in [7, 11) is 2.00. The van der Waals surface area contributed by atoms with E-state index in [-0.39, 0.29) is 0 Å². The predicted molar refractivity (Wildman–Crippen MR) is 85.2 cm³/mol. The molecule has 0 saturated heterocycles. The van der Waals surface area contributed by atoms with Gasteiger partial charge in [-0.1, -0.05) is 13.8 Å². The Bertz CT molecular complexity index is 540. The van der Waals surface area contributed by atoms with Crippen molar-refractivity contribution in [3.63, 3.8) is 0 Å². The summed E-state index contributed by atoms with van der Waals surface area (Å²) in [5, 5.41) is 12.6. The first-order chi connectivity index (χ1) is 9.88. The molecule has 5 nitrogen and oxygen atoms in total. The van der Waals surface area contributed by atoms with Gasteiger partial charge in [-0.05, 0) is 32.8 Å². The zero-order valence-corrected chi connectivity index (χ0v) is 14.0. The van der Waals surface area contributed by atoms with E-state index in [0.29, 0.717) is 12.0 Å². The number of nitrogens with one attached hydrogen (secondary N) is 1. The van der Waals surface area contributed by atoms with Crippen LogP contribution in [0.3, 0.4) is 0 Å². The van der Waals surface area contributed by atoms with Gasteiger partial charge in [-0.15, -0.1) is 0 Å². The van der Waals surface area contributed by atoms with Gasteiger partial charge in [0, 0.05) is 37.9 Å². The maximum atomic E-state index is 4.54. The monoisotopic (exact) mass is 289 g/mol. The van der Waals surface area contributed by atoms with E-state index in [2.05, 4.69) is 62.4 Å². The van der Waals surface area contributed by atoms with Gasteiger partial charge in [0.05, 0.1) is 17.1 Å². The molecule has 0 radical (unpaired) electrons. The summed E-state index contributed by atoms with van der Waals surface area (Å²) in [5.41, 5.74) is 4.73. The largest absolute Gasteiger partial charge is 0.307 e. The van der Waals surface area contributed by atoms with E-state index in [9.17, 15) is 0 Å². The van der Waals surface area contributed by atoms with Crippen molar-refractivity contribution < 1.29 is 0 Å². The summed E-state index contributed by atoms with van der Waals surface area (Å²) in [4.78, 5) is 0. The van der Waals surface area contributed by atoms with Gasteiger partial charge in [-0.2, -0.15) is 10.2 Å². The van der Waals surface area contributed by atoms with Gasteiger partial charge in [-0.3, -0.25) is 9.36 Å². The molecule has 2 heterocycles. The van der Waals surface area contributed by atoms with E-state index in [1.807, 2.05) is 16.4 Å². The molecule has 2 aromatic rings. The smallest absolute Gasteiger partial charge is 0.0653 e. The Morgan fingerprint density at radius 3 is 2.38 bits per heavy atom. The first kappa shape index (κ1) is 15.8. The van der Waals surface area contributed by atoms with Crippen molar-refractivity contribution in [3.05, 3.63) is 34.9 Å². The standard InChI is InChI=1S/C16H27N5/c1-11(2)16-7-15(20(6)19-16)9-17-8-14-10-21(12(3)4)18-13(14)5/h7,10-12,17H,8-9H2,1-6H3. The normalized spacial score (nSPS) is 11.8. The van der Waals surface area contributed by atoms with Gasteiger partial charge in [0.1, 0.15) is 0 Å². The molecule has 2 aromatic heterocycles. The second-order valence-electron chi connectivity index (χ2n) is 6.26. The minimum absolute atomic E-state index is 0.406. The Morgan fingerprint density at radius 1 is 1.14 bits per heavy atom. The van der Waals surface area contributed by atoms with E-state index in [4.69, 9.17) is 0 Å². The molecule has 21 heavy (non-hydrogen) atoms. The molecular weight excluding hydrogens is 262 g/mol. The molecular formula is C16H27N5. The highest BCUT2D eigenvalue weighted by molar-refractivity contribution is 5.16. The molecule has 0 saturated carbocycles. The van der Waals surface area contributed by atoms with Crippen LogP contribution < -0.4 is 5.32 Å². The molecule has 0 amide bonds. The molecule has 0 spiro atoms. The fourth-order valence-electron chi connectivity index (χ4n) is 2.26. The Morgan fingerprint density at radius 2 is 1.86 bits per heavy atom. The molecule has 0 aliphatic rings. The van der Waals surface area contributed by atoms with Crippen molar-refractivity contribution in [1.82, 2.24) is 24.9 Å². The van der Waals surface area contributed by atoms with Gasteiger partial charge in [-0.25, -0.2) is 0 Å². The summed E-state index contributed by atoms with van der Waals surface area (Å²) < 4.78 is 3.99. The van der Waals surface area contributed by atoms with Crippen LogP contribution in [0.2, 0.25) is 0 Å². The number of nitrogens with zero attached hydrogens (tertiary/aromatic N) is 4. The van der Waals surface area contributed by atoms with Gasteiger partial charge >= 0.3 is 0 Å². The second-order valence-corrected chi connectivity index (χ2v) is 6.26. The number of rotatable bonds is 6. The lowest BCUT2D eigenvalue weighted by Crippen LogP contribution is -2.15. The minimum Gasteiger partial charge on any atom is -0.307 e. The molecule has 0 aliphatic carbocycles. The third kappa shape index (κ3) is 3.73. The van der Waals surface area contributed by atoms with Crippen LogP contribution in [0.5, 0.6) is 0 Å². The topological polar surface area (TPSA) is 47.7 Å². The quantitative estimate of drug-likeness (QED) is 0.889. The second kappa shape index (κ2) is 6.43.